The number of esters is 1. The van der Waals surface area contributed by atoms with Gasteiger partial charge in [-0.15, -0.1) is 0 Å². The zero-order valence-corrected chi connectivity index (χ0v) is 14.2. The number of carbonyl (C=O) groups is 1. The third kappa shape index (κ3) is 4.06. The molecule has 1 heterocycles. The summed E-state index contributed by atoms with van der Waals surface area (Å²) in [5.41, 5.74) is 1.26. The SMILES string of the molecule is CCCOC(=O)C1CCN(Cc2ccc3cc(O)ccc3c2)CC1. The van der Waals surface area contributed by atoms with Gasteiger partial charge in [-0.1, -0.05) is 25.1 Å². The zero-order chi connectivity index (χ0) is 16.9. The molecule has 0 amide bonds. The smallest absolute Gasteiger partial charge is 0.309 e. The molecule has 1 saturated heterocycles. The van der Waals surface area contributed by atoms with Crippen LogP contribution in [0.25, 0.3) is 10.8 Å². The van der Waals surface area contributed by atoms with Crippen LogP contribution in [0.15, 0.2) is 36.4 Å². The summed E-state index contributed by atoms with van der Waals surface area (Å²) in [4.78, 5) is 14.3. The van der Waals surface area contributed by atoms with E-state index in [9.17, 15) is 9.90 Å². The highest BCUT2D eigenvalue weighted by molar-refractivity contribution is 5.84. The average Bonchev–Trinajstić information content (AvgIpc) is 2.60. The lowest BCUT2D eigenvalue weighted by Crippen LogP contribution is -2.36. The van der Waals surface area contributed by atoms with Crippen LogP contribution < -0.4 is 0 Å². The fourth-order valence-corrected chi connectivity index (χ4v) is 3.29. The topological polar surface area (TPSA) is 49.8 Å². The minimum Gasteiger partial charge on any atom is -0.508 e. The van der Waals surface area contributed by atoms with Gasteiger partial charge < -0.3 is 9.84 Å². The van der Waals surface area contributed by atoms with Crippen LogP contribution in [0.1, 0.15) is 31.7 Å². The molecule has 24 heavy (non-hydrogen) atoms. The Kier molecular flexibility index (Phi) is 5.36. The molecule has 1 N–H and O–H groups in total. The maximum atomic E-state index is 11.9. The highest BCUT2D eigenvalue weighted by atomic mass is 16.5. The van der Waals surface area contributed by atoms with Crippen LogP contribution in [0.4, 0.5) is 0 Å². The van der Waals surface area contributed by atoms with E-state index >= 15 is 0 Å². The summed E-state index contributed by atoms with van der Waals surface area (Å²) < 4.78 is 5.26. The second kappa shape index (κ2) is 7.67. The van der Waals surface area contributed by atoms with Gasteiger partial charge in [-0.25, -0.2) is 0 Å². The van der Waals surface area contributed by atoms with Crippen molar-refractivity contribution in [2.75, 3.05) is 19.7 Å². The maximum Gasteiger partial charge on any atom is 0.309 e. The fourth-order valence-electron chi connectivity index (χ4n) is 3.29. The molecule has 1 fully saturated rings. The zero-order valence-electron chi connectivity index (χ0n) is 14.2. The van der Waals surface area contributed by atoms with E-state index in [0.717, 1.165) is 49.7 Å². The first-order valence-corrected chi connectivity index (χ1v) is 8.76. The van der Waals surface area contributed by atoms with E-state index in [0.29, 0.717) is 12.4 Å². The van der Waals surface area contributed by atoms with Crippen molar-refractivity contribution in [3.05, 3.63) is 42.0 Å². The van der Waals surface area contributed by atoms with Crippen LogP contribution in [0, 0.1) is 5.92 Å². The number of likely N-dealkylation sites (tertiary alicyclic amines) is 1. The number of carbonyl (C=O) groups excluding carboxylic acids is 1. The second-order valence-electron chi connectivity index (χ2n) is 6.58. The van der Waals surface area contributed by atoms with Gasteiger partial charge in [0.25, 0.3) is 0 Å². The summed E-state index contributed by atoms with van der Waals surface area (Å²) >= 11 is 0. The molecule has 0 radical (unpaired) electrons. The molecule has 0 spiro atoms. The van der Waals surface area contributed by atoms with Crippen molar-refractivity contribution < 1.29 is 14.6 Å². The Bertz CT molecular complexity index is 705. The quantitative estimate of drug-likeness (QED) is 0.851. The first-order chi connectivity index (χ1) is 11.7. The number of rotatable bonds is 5. The average molecular weight is 327 g/mol. The van der Waals surface area contributed by atoms with Crippen molar-refractivity contribution in [3.63, 3.8) is 0 Å². The first kappa shape index (κ1) is 16.8. The molecule has 0 unspecified atom stereocenters. The molecule has 2 aromatic rings. The Hall–Kier alpha value is -2.07. The Balaban J connectivity index is 1.56. The van der Waals surface area contributed by atoms with Crippen LogP contribution in [-0.2, 0) is 16.1 Å². The summed E-state index contributed by atoms with van der Waals surface area (Å²) in [5.74, 6) is 0.335. The normalized spacial score (nSPS) is 16.4. The van der Waals surface area contributed by atoms with E-state index in [1.165, 1.54) is 5.56 Å². The van der Waals surface area contributed by atoms with Gasteiger partial charge in [-0.3, -0.25) is 9.69 Å². The van der Waals surface area contributed by atoms with E-state index in [4.69, 9.17) is 4.74 Å². The van der Waals surface area contributed by atoms with Crippen LogP contribution in [0.3, 0.4) is 0 Å². The van der Waals surface area contributed by atoms with E-state index in [-0.39, 0.29) is 11.9 Å². The minimum absolute atomic E-state index is 0.0259. The molecule has 0 aromatic heterocycles. The Morgan fingerprint density at radius 1 is 1.17 bits per heavy atom. The Labute approximate surface area is 143 Å². The third-order valence-corrected chi connectivity index (χ3v) is 4.66. The molecule has 0 aliphatic carbocycles. The predicted octanol–water partition coefficient (Wildman–Crippen LogP) is 3.71. The Morgan fingerprint density at radius 2 is 1.88 bits per heavy atom. The van der Waals surface area contributed by atoms with Crippen LogP contribution in [0.5, 0.6) is 5.75 Å². The van der Waals surface area contributed by atoms with Gasteiger partial charge >= 0.3 is 5.97 Å². The van der Waals surface area contributed by atoms with Gasteiger partial charge in [0.05, 0.1) is 12.5 Å². The molecular formula is C20H25NO3. The van der Waals surface area contributed by atoms with Crippen molar-refractivity contribution in [2.24, 2.45) is 5.92 Å². The number of aromatic hydroxyl groups is 1. The molecular weight excluding hydrogens is 302 g/mol. The van der Waals surface area contributed by atoms with E-state index in [1.54, 1.807) is 12.1 Å². The molecule has 0 atom stereocenters. The van der Waals surface area contributed by atoms with E-state index in [1.807, 2.05) is 13.0 Å². The highest BCUT2D eigenvalue weighted by Gasteiger charge is 2.25. The molecule has 4 nitrogen and oxygen atoms in total. The molecule has 1 aliphatic rings. The van der Waals surface area contributed by atoms with E-state index in [2.05, 4.69) is 23.1 Å². The number of ether oxygens (including phenoxy) is 1. The van der Waals surface area contributed by atoms with Gasteiger partial charge in [0.2, 0.25) is 0 Å². The molecule has 0 bridgehead atoms. The second-order valence-corrected chi connectivity index (χ2v) is 6.58. The predicted molar refractivity (Wildman–Crippen MR) is 94.9 cm³/mol. The van der Waals surface area contributed by atoms with Gasteiger partial charge in [0, 0.05) is 6.54 Å². The molecule has 1 aliphatic heterocycles. The standard InChI is InChI=1S/C20H25NO3/c1-2-11-24-20(23)16-7-9-21(10-8-16)14-15-3-4-18-13-19(22)6-5-17(18)12-15/h3-6,12-13,16,22H,2,7-11,14H2,1H3. The van der Waals surface area contributed by atoms with Crippen LogP contribution >= 0.6 is 0 Å². The molecule has 128 valence electrons. The van der Waals surface area contributed by atoms with Crippen molar-refractivity contribution in [3.8, 4) is 5.75 Å². The summed E-state index contributed by atoms with van der Waals surface area (Å²) in [6.45, 7) is 5.30. The summed E-state index contributed by atoms with van der Waals surface area (Å²) in [7, 11) is 0. The summed E-state index contributed by atoms with van der Waals surface area (Å²) in [6.07, 6.45) is 2.64. The van der Waals surface area contributed by atoms with E-state index < -0.39 is 0 Å². The lowest BCUT2D eigenvalue weighted by atomic mass is 9.96. The van der Waals surface area contributed by atoms with Crippen LogP contribution in [-0.4, -0.2) is 35.7 Å². The highest BCUT2D eigenvalue weighted by Crippen LogP contribution is 2.24. The van der Waals surface area contributed by atoms with Crippen molar-refractivity contribution in [2.45, 2.75) is 32.7 Å². The number of benzene rings is 2. The maximum absolute atomic E-state index is 11.9. The molecule has 3 rings (SSSR count). The molecule has 2 aromatic carbocycles. The van der Waals surface area contributed by atoms with Crippen molar-refractivity contribution >= 4 is 16.7 Å². The van der Waals surface area contributed by atoms with Crippen LogP contribution in [0.2, 0.25) is 0 Å². The van der Waals surface area contributed by atoms with Gasteiger partial charge in [-0.2, -0.15) is 0 Å². The number of nitrogens with zero attached hydrogens (tertiary/aromatic N) is 1. The lowest BCUT2D eigenvalue weighted by molar-refractivity contribution is -0.150. The van der Waals surface area contributed by atoms with Gasteiger partial charge in [0.15, 0.2) is 0 Å². The molecule has 0 saturated carbocycles. The minimum atomic E-state index is -0.0259. The number of phenolic OH excluding ortho intramolecular Hbond substituents is 1. The fraction of sp³-hybridized carbons (Fsp3) is 0.450. The van der Waals surface area contributed by atoms with Crippen molar-refractivity contribution in [1.82, 2.24) is 4.90 Å². The Morgan fingerprint density at radius 3 is 2.62 bits per heavy atom. The molecule has 4 heteroatoms. The number of hydrogen-bond acceptors (Lipinski definition) is 4. The van der Waals surface area contributed by atoms with Crippen molar-refractivity contribution in [1.29, 1.82) is 0 Å². The number of piperidine rings is 1. The third-order valence-electron chi connectivity index (χ3n) is 4.66. The van der Waals surface area contributed by atoms with Gasteiger partial charge in [0.1, 0.15) is 5.75 Å². The first-order valence-electron chi connectivity index (χ1n) is 8.76. The monoisotopic (exact) mass is 327 g/mol. The summed E-state index contributed by atoms with van der Waals surface area (Å²) in [6, 6.07) is 11.8. The summed E-state index contributed by atoms with van der Waals surface area (Å²) in [5, 5.41) is 11.7. The number of fused-ring (bicyclic) bond motifs is 1. The largest absolute Gasteiger partial charge is 0.508 e. The van der Waals surface area contributed by atoms with Gasteiger partial charge in [-0.05, 0) is 66.9 Å². The number of hydrogen-bond donors (Lipinski definition) is 1. The number of phenols is 1. The lowest BCUT2D eigenvalue weighted by Gasteiger charge is -2.30.